The second-order valence-corrected chi connectivity index (χ2v) is 7.08. The highest BCUT2D eigenvalue weighted by molar-refractivity contribution is 14.0. The molecule has 0 atom stereocenters. The first-order valence-electron chi connectivity index (χ1n) is 10.6. The molecule has 1 fully saturated rings. The molecule has 7 nitrogen and oxygen atoms in total. The Morgan fingerprint density at radius 1 is 1.17 bits per heavy atom. The maximum atomic E-state index is 12.7. The lowest BCUT2D eigenvalue weighted by molar-refractivity contribution is -0.149. The maximum Gasteiger partial charge on any atom is 0.309 e. The number of piperidine rings is 1. The van der Waals surface area contributed by atoms with Crippen molar-refractivity contribution in [3.8, 4) is 0 Å². The predicted molar refractivity (Wildman–Crippen MR) is 130 cm³/mol. The molecule has 1 aliphatic rings. The predicted octanol–water partition coefficient (Wildman–Crippen LogP) is 2.89. The molecule has 1 heterocycles. The summed E-state index contributed by atoms with van der Waals surface area (Å²) in [7, 11) is 0. The molecular formula is C22H35IN4O3. The van der Waals surface area contributed by atoms with Crippen LogP contribution in [0.4, 0.5) is 0 Å². The summed E-state index contributed by atoms with van der Waals surface area (Å²) >= 11 is 0. The van der Waals surface area contributed by atoms with Gasteiger partial charge in [0.05, 0.1) is 12.5 Å². The number of likely N-dealkylation sites (tertiary alicyclic amines) is 1. The van der Waals surface area contributed by atoms with Gasteiger partial charge in [-0.2, -0.15) is 0 Å². The first kappa shape index (κ1) is 26.2. The van der Waals surface area contributed by atoms with Crippen LogP contribution in [-0.2, 0) is 20.9 Å². The zero-order valence-electron chi connectivity index (χ0n) is 18.3. The number of nitrogens with one attached hydrogen (secondary N) is 1. The number of esters is 1. The number of hydrogen-bond donors (Lipinski definition) is 1. The van der Waals surface area contributed by atoms with Crippen LogP contribution in [0.1, 0.15) is 39.2 Å². The molecule has 1 saturated heterocycles. The van der Waals surface area contributed by atoms with E-state index in [2.05, 4.69) is 15.2 Å². The molecule has 1 aliphatic heterocycles. The minimum atomic E-state index is -0.108. The average Bonchev–Trinajstić information content (AvgIpc) is 2.75. The third-order valence-electron chi connectivity index (χ3n) is 5.06. The Labute approximate surface area is 197 Å². The van der Waals surface area contributed by atoms with Crippen molar-refractivity contribution in [3.63, 3.8) is 0 Å². The van der Waals surface area contributed by atoms with Crippen LogP contribution in [0, 0.1) is 5.92 Å². The molecule has 0 bridgehead atoms. The number of carbonyl (C=O) groups is 2. The van der Waals surface area contributed by atoms with Gasteiger partial charge in [0.2, 0.25) is 5.91 Å². The van der Waals surface area contributed by atoms with Gasteiger partial charge in [-0.3, -0.25) is 9.59 Å². The van der Waals surface area contributed by atoms with E-state index in [1.807, 2.05) is 56.0 Å². The summed E-state index contributed by atoms with van der Waals surface area (Å²) in [5.74, 6) is 0.591. The molecule has 2 rings (SSSR count). The third kappa shape index (κ3) is 8.12. The fourth-order valence-corrected chi connectivity index (χ4v) is 3.44. The molecule has 30 heavy (non-hydrogen) atoms. The summed E-state index contributed by atoms with van der Waals surface area (Å²) in [5, 5.41) is 3.27. The largest absolute Gasteiger partial charge is 0.466 e. The van der Waals surface area contributed by atoms with Gasteiger partial charge in [-0.25, -0.2) is 4.99 Å². The van der Waals surface area contributed by atoms with Gasteiger partial charge in [0, 0.05) is 32.7 Å². The molecular weight excluding hydrogens is 495 g/mol. The molecule has 0 saturated carbocycles. The summed E-state index contributed by atoms with van der Waals surface area (Å²) in [6, 6.07) is 9.98. The van der Waals surface area contributed by atoms with Crippen molar-refractivity contribution in [3.05, 3.63) is 35.9 Å². The molecule has 0 unspecified atom stereocenters. The minimum Gasteiger partial charge on any atom is -0.466 e. The molecule has 168 valence electrons. The average molecular weight is 530 g/mol. The van der Waals surface area contributed by atoms with Gasteiger partial charge < -0.3 is 19.9 Å². The Balaban J connectivity index is 0.00000450. The summed E-state index contributed by atoms with van der Waals surface area (Å²) in [6.07, 6.45) is 1.48. The second-order valence-electron chi connectivity index (χ2n) is 7.08. The summed E-state index contributed by atoms with van der Waals surface area (Å²) in [5.41, 5.74) is 1.11. The van der Waals surface area contributed by atoms with Gasteiger partial charge in [-0.05, 0) is 39.2 Å². The van der Waals surface area contributed by atoms with Gasteiger partial charge in [0.25, 0.3) is 0 Å². The highest BCUT2D eigenvalue weighted by atomic mass is 127. The van der Waals surface area contributed by atoms with E-state index in [0.29, 0.717) is 19.7 Å². The topological polar surface area (TPSA) is 74.2 Å². The quantitative estimate of drug-likeness (QED) is 0.242. The van der Waals surface area contributed by atoms with Gasteiger partial charge in [-0.1, -0.05) is 30.3 Å². The Kier molecular flexibility index (Phi) is 12.4. The number of aliphatic imine (C=N–C) groups is 1. The first-order chi connectivity index (χ1) is 14.1. The van der Waals surface area contributed by atoms with Crippen LogP contribution in [0.2, 0.25) is 0 Å². The summed E-state index contributed by atoms with van der Waals surface area (Å²) in [4.78, 5) is 33.1. The third-order valence-corrected chi connectivity index (χ3v) is 5.06. The van der Waals surface area contributed by atoms with Crippen LogP contribution in [0.3, 0.4) is 0 Å². The van der Waals surface area contributed by atoms with Crippen molar-refractivity contribution in [2.75, 3.05) is 39.3 Å². The zero-order chi connectivity index (χ0) is 21.1. The van der Waals surface area contributed by atoms with E-state index in [-0.39, 0.29) is 48.3 Å². The van der Waals surface area contributed by atoms with Crippen molar-refractivity contribution in [2.45, 2.75) is 40.2 Å². The van der Waals surface area contributed by atoms with Crippen molar-refractivity contribution >= 4 is 41.8 Å². The monoisotopic (exact) mass is 530 g/mol. The molecule has 0 aromatic heterocycles. The van der Waals surface area contributed by atoms with Crippen LogP contribution >= 0.6 is 24.0 Å². The van der Waals surface area contributed by atoms with Crippen molar-refractivity contribution in [1.82, 2.24) is 15.1 Å². The zero-order valence-corrected chi connectivity index (χ0v) is 20.6. The number of carbonyl (C=O) groups excluding carboxylic acids is 2. The Bertz CT molecular complexity index is 676. The Hall–Kier alpha value is -1.84. The molecule has 0 spiro atoms. The second kappa shape index (κ2) is 14.2. The Morgan fingerprint density at radius 2 is 1.83 bits per heavy atom. The number of ether oxygens (including phenoxy) is 1. The van der Waals surface area contributed by atoms with Crippen LogP contribution in [0.15, 0.2) is 35.3 Å². The first-order valence-corrected chi connectivity index (χ1v) is 10.6. The molecule has 1 aromatic rings. The van der Waals surface area contributed by atoms with Gasteiger partial charge >= 0.3 is 5.97 Å². The van der Waals surface area contributed by atoms with E-state index in [0.717, 1.165) is 44.0 Å². The minimum absolute atomic E-state index is 0. The lowest BCUT2D eigenvalue weighted by atomic mass is 9.97. The summed E-state index contributed by atoms with van der Waals surface area (Å²) in [6.45, 7) is 9.77. The van der Waals surface area contributed by atoms with Gasteiger partial charge in [0.15, 0.2) is 5.96 Å². The normalized spacial score (nSPS) is 14.6. The molecule has 0 aliphatic carbocycles. The van der Waals surface area contributed by atoms with E-state index in [1.165, 1.54) is 0 Å². The number of likely N-dealkylation sites (N-methyl/N-ethyl adjacent to an activating group) is 1. The van der Waals surface area contributed by atoms with E-state index in [4.69, 9.17) is 4.74 Å². The summed E-state index contributed by atoms with van der Waals surface area (Å²) < 4.78 is 5.14. The SMILES string of the molecule is CCNC(=NCC(=O)N(CC)Cc1ccccc1)N1CCC(C(=O)OCC)CC1.I. The number of amides is 1. The number of rotatable bonds is 8. The van der Waals surface area contributed by atoms with E-state index in [1.54, 1.807) is 0 Å². The van der Waals surface area contributed by atoms with Crippen LogP contribution in [0.25, 0.3) is 0 Å². The Morgan fingerprint density at radius 3 is 2.40 bits per heavy atom. The molecule has 8 heteroatoms. The standard InChI is InChI=1S/C22H34N4O3.HI/c1-4-23-22(26-14-12-19(13-15-26)21(28)29-6-3)24-16-20(27)25(5-2)17-18-10-8-7-9-11-18;/h7-11,19H,4-6,12-17H2,1-3H3,(H,23,24);1H. The van der Waals surface area contributed by atoms with Crippen molar-refractivity contribution < 1.29 is 14.3 Å². The van der Waals surface area contributed by atoms with Crippen molar-refractivity contribution in [2.24, 2.45) is 10.9 Å². The van der Waals surface area contributed by atoms with E-state index >= 15 is 0 Å². The van der Waals surface area contributed by atoms with Crippen LogP contribution < -0.4 is 5.32 Å². The number of guanidine groups is 1. The molecule has 0 radical (unpaired) electrons. The maximum absolute atomic E-state index is 12.7. The molecule has 1 amide bonds. The smallest absolute Gasteiger partial charge is 0.309 e. The lowest BCUT2D eigenvalue weighted by Crippen LogP contribution is -2.47. The molecule has 1 aromatic carbocycles. The number of benzene rings is 1. The number of hydrogen-bond acceptors (Lipinski definition) is 4. The molecule has 1 N–H and O–H groups in total. The van der Waals surface area contributed by atoms with Crippen LogP contribution in [-0.4, -0.2) is 67.0 Å². The van der Waals surface area contributed by atoms with E-state index in [9.17, 15) is 9.59 Å². The highest BCUT2D eigenvalue weighted by Crippen LogP contribution is 2.18. The fraction of sp³-hybridized carbons (Fsp3) is 0.591. The van der Waals surface area contributed by atoms with Gasteiger partial charge in [-0.15, -0.1) is 24.0 Å². The fourth-order valence-electron chi connectivity index (χ4n) is 3.44. The number of halogens is 1. The van der Waals surface area contributed by atoms with Crippen LogP contribution in [0.5, 0.6) is 0 Å². The van der Waals surface area contributed by atoms with E-state index < -0.39 is 0 Å². The van der Waals surface area contributed by atoms with Gasteiger partial charge in [0.1, 0.15) is 6.54 Å². The van der Waals surface area contributed by atoms with Crippen molar-refractivity contribution in [1.29, 1.82) is 0 Å². The number of nitrogens with zero attached hydrogens (tertiary/aromatic N) is 3. The highest BCUT2D eigenvalue weighted by Gasteiger charge is 2.27. The lowest BCUT2D eigenvalue weighted by Gasteiger charge is -2.33.